The number of piperidine rings is 1. The highest BCUT2D eigenvalue weighted by molar-refractivity contribution is 5.32. The van der Waals surface area contributed by atoms with Crippen molar-refractivity contribution in [3.8, 4) is 0 Å². The molecule has 1 aliphatic rings. The van der Waals surface area contributed by atoms with E-state index in [0.717, 1.165) is 44.2 Å². The van der Waals surface area contributed by atoms with Gasteiger partial charge < -0.3 is 5.32 Å². The highest BCUT2D eigenvalue weighted by Gasteiger charge is 2.18. The second-order valence-electron chi connectivity index (χ2n) is 5.45. The molecule has 20 heavy (non-hydrogen) atoms. The first-order chi connectivity index (χ1) is 9.69. The van der Waals surface area contributed by atoms with E-state index in [1.165, 1.54) is 12.8 Å². The summed E-state index contributed by atoms with van der Waals surface area (Å²) in [6.45, 7) is 7.45. The molecule has 0 aromatic heterocycles. The van der Waals surface area contributed by atoms with Crippen molar-refractivity contribution in [1.82, 2.24) is 10.2 Å². The summed E-state index contributed by atoms with van der Waals surface area (Å²) in [5.74, 6) is 0.795. The fraction of sp³-hybridized carbons (Fsp3) is 0.600. The van der Waals surface area contributed by atoms with Crippen LogP contribution in [-0.4, -0.2) is 36.0 Å². The standard InChI is InChI=1S/C15H23N3O2/c1-2-16-11-13-7-9-17(10-8-13)12-14-3-5-15(6-4-14)18(19)20/h3-6,13,16H,2,7-12H2,1H3. The first-order valence-electron chi connectivity index (χ1n) is 7.35. The Morgan fingerprint density at radius 3 is 2.50 bits per heavy atom. The van der Waals surface area contributed by atoms with Crippen molar-refractivity contribution < 1.29 is 4.92 Å². The van der Waals surface area contributed by atoms with E-state index in [1.54, 1.807) is 12.1 Å². The molecule has 0 amide bonds. The summed E-state index contributed by atoms with van der Waals surface area (Å²) >= 11 is 0. The maximum absolute atomic E-state index is 10.6. The molecule has 1 saturated heterocycles. The van der Waals surface area contributed by atoms with E-state index in [0.29, 0.717) is 0 Å². The molecule has 1 aromatic rings. The number of non-ortho nitro benzene ring substituents is 1. The molecule has 5 heteroatoms. The van der Waals surface area contributed by atoms with Gasteiger partial charge in [0.25, 0.3) is 5.69 Å². The summed E-state index contributed by atoms with van der Waals surface area (Å²) in [6.07, 6.45) is 2.47. The number of nitro benzene ring substituents is 1. The summed E-state index contributed by atoms with van der Waals surface area (Å²) in [5.41, 5.74) is 1.32. The number of nitrogens with zero attached hydrogens (tertiary/aromatic N) is 2. The fourth-order valence-corrected chi connectivity index (χ4v) is 2.68. The molecular weight excluding hydrogens is 254 g/mol. The van der Waals surface area contributed by atoms with Gasteiger partial charge in [-0.3, -0.25) is 15.0 Å². The van der Waals surface area contributed by atoms with E-state index in [2.05, 4.69) is 17.1 Å². The third kappa shape index (κ3) is 4.28. The molecule has 2 rings (SSSR count). The van der Waals surface area contributed by atoms with Gasteiger partial charge in [0, 0.05) is 18.7 Å². The van der Waals surface area contributed by atoms with Crippen LogP contribution in [0.2, 0.25) is 0 Å². The fourth-order valence-electron chi connectivity index (χ4n) is 2.68. The third-order valence-corrected chi connectivity index (χ3v) is 3.94. The molecule has 0 unspecified atom stereocenters. The van der Waals surface area contributed by atoms with Gasteiger partial charge in [0.05, 0.1) is 4.92 Å². The first-order valence-corrected chi connectivity index (χ1v) is 7.35. The van der Waals surface area contributed by atoms with Gasteiger partial charge in [-0.2, -0.15) is 0 Å². The molecule has 1 N–H and O–H groups in total. The van der Waals surface area contributed by atoms with Crippen LogP contribution in [0.15, 0.2) is 24.3 Å². The van der Waals surface area contributed by atoms with Crippen LogP contribution >= 0.6 is 0 Å². The van der Waals surface area contributed by atoms with Gasteiger partial charge in [-0.1, -0.05) is 19.1 Å². The second-order valence-corrected chi connectivity index (χ2v) is 5.45. The summed E-state index contributed by atoms with van der Waals surface area (Å²) in [5, 5.41) is 14.0. The van der Waals surface area contributed by atoms with Crippen LogP contribution < -0.4 is 5.32 Å². The topological polar surface area (TPSA) is 58.4 Å². The number of nitrogens with one attached hydrogen (secondary N) is 1. The molecule has 0 spiro atoms. The van der Waals surface area contributed by atoms with Crippen molar-refractivity contribution in [2.24, 2.45) is 5.92 Å². The van der Waals surface area contributed by atoms with Gasteiger partial charge >= 0.3 is 0 Å². The zero-order valence-electron chi connectivity index (χ0n) is 12.0. The van der Waals surface area contributed by atoms with Crippen molar-refractivity contribution in [1.29, 1.82) is 0 Å². The molecule has 5 nitrogen and oxygen atoms in total. The van der Waals surface area contributed by atoms with E-state index >= 15 is 0 Å². The number of rotatable bonds is 6. The molecule has 1 heterocycles. The predicted octanol–water partition coefficient (Wildman–Crippen LogP) is 2.42. The van der Waals surface area contributed by atoms with E-state index in [4.69, 9.17) is 0 Å². The summed E-state index contributed by atoms with van der Waals surface area (Å²) in [7, 11) is 0. The normalized spacial score (nSPS) is 17.2. The maximum atomic E-state index is 10.6. The minimum Gasteiger partial charge on any atom is -0.317 e. The highest BCUT2D eigenvalue weighted by Crippen LogP contribution is 2.19. The molecular formula is C15H23N3O2. The highest BCUT2D eigenvalue weighted by atomic mass is 16.6. The monoisotopic (exact) mass is 277 g/mol. The van der Waals surface area contributed by atoms with Crippen molar-refractivity contribution in [3.63, 3.8) is 0 Å². The Balaban J connectivity index is 1.79. The van der Waals surface area contributed by atoms with Crippen LogP contribution in [0.4, 0.5) is 5.69 Å². The lowest BCUT2D eigenvalue weighted by Crippen LogP contribution is -2.36. The Morgan fingerprint density at radius 1 is 1.30 bits per heavy atom. The molecule has 110 valence electrons. The van der Waals surface area contributed by atoms with Gasteiger partial charge in [0.15, 0.2) is 0 Å². The third-order valence-electron chi connectivity index (χ3n) is 3.94. The Bertz CT molecular complexity index is 425. The lowest BCUT2D eigenvalue weighted by molar-refractivity contribution is -0.384. The molecule has 0 aliphatic carbocycles. The number of benzene rings is 1. The molecule has 0 bridgehead atoms. The van der Waals surface area contributed by atoms with Crippen molar-refractivity contribution >= 4 is 5.69 Å². The Labute approximate surface area is 120 Å². The molecule has 0 saturated carbocycles. The smallest absolute Gasteiger partial charge is 0.269 e. The number of hydrogen-bond donors (Lipinski definition) is 1. The van der Waals surface area contributed by atoms with Crippen molar-refractivity contribution in [2.45, 2.75) is 26.3 Å². The van der Waals surface area contributed by atoms with E-state index < -0.39 is 0 Å². The zero-order chi connectivity index (χ0) is 14.4. The van der Waals surface area contributed by atoms with Gasteiger partial charge in [-0.05, 0) is 50.5 Å². The van der Waals surface area contributed by atoms with E-state index in [9.17, 15) is 10.1 Å². The second kappa shape index (κ2) is 7.36. The van der Waals surface area contributed by atoms with E-state index in [1.807, 2.05) is 12.1 Å². The molecule has 0 radical (unpaired) electrons. The van der Waals surface area contributed by atoms with Gasteiger partial charge in [0.1, 0.15) is 0 Å². The Hall–Kier alpha value is -1.46. The van der Waals surface area contributed by atoms with Crippen molar-refractivity contribution in [2.75, 3.05) is 26.2 Å². The first kappa shape index (κ1) is 14.9. The lowest BCUT2D eigenvalue weighted by Gasteiger charge is -2.32. The van der Waals surface area contributed by atoms with Crippen LogP contribution in [-0.2, 0) is 6.54 Å². The number of nitro groups is 1. The summed E-state index contributed by atoms with van der Waals surface area (Å²) in [6, 6.07) is 6.91. The molecule has 0 atom stereocenters. The average Bonchev–Trinajstić information content (AvgIpc) is 2.47. The molecule has 1 aliphatic heterocycles. The van der Waals surface area contributed by atoms with Crippen LogP contribution in [0.1, 0.15) is 25.3 Å². The Kier molecular flexibility index (Phi) is 5.49. The molecule has 1 fully saturated rings. The maximum Gasteiger partial charge on any atom is 0.269 e. The van der Waals surface area contributed by atoms with Crippen LogP contribution in [0, 0.1) is 16.0 Å². The average molecular weight is 277 g/mol. The van der Waals surface area contributed by atoms with Crippen LogP contribution in [0.3, 0.4) is 0 Å². The molecule has 1 aromatic carbocycles. The van der Waals surface area contributed by atoms with Crippen LogP contribution in [0.5, 0.6) is 0 Å². The largest absolute Gasteiger partial charge is 0.317 e. The Morgan fingerprint density at radius 2 is 1.95 bits per heavy atom. The predicted molar refractivity (Wildman–Crippen MR) is 79.6 cm³/mol. The SMILES string of the molecule is CCNCC1CCN(Cc2ccc([N+](=O)[O-])cc2)CC1. The summed E-state index contributed by atoms with van der Waals surface area (Å²) in [4.78, 5) is 12.7. The lowest BCUT2D eigenvalue weighted by atomic mass is 9.96. The van der Waals surface area contributed by atoms with Gasteiger partial charge in [-0.15, -0.1) is 0 Å². The van der Waals surface area contributed by atoms with Gasteiger partial charge in [-0.25, -0.2) is 0 Å². The minimum atomic E-state index is -0.351. The van der Waals surface area contributed by atoms with E-state index in [-0.39, 0.29) is 10.6 Å². The summed E-state index contributed by atoms with van der Waals surface area (Å²) < 4.78 is 0. The quantitative estimate of drug-likeness (QED) is 0.641. The van der Waals surface area contributed by atoms with Crippen LogP contribution in [0.25, 0.3) is 0 Å². The number of hydrogen-bond acceptors (Lipinski definition) is 4. The minimum absolute atomic E-state index is 0.165. The van der Waals surface area contributed by atoms with Crippen molar-refractivity contribution in [3.05, 3.63) is 39.9 Å². The zero-order valence-corrected chi connectivity index (χ0v) is 12.0. The number of likely N-dealkylation sites (tertiary alicyclic amines) is 1. The van der Waals surface area contributed by atoms with Gasteiger partial charge in [0.2, 0.25) is 0 Å².